The summed E-state index contributed by atoms with van der Waals surface area (Å²) in [5.74, 6) is 0. The van der Waals surface area contributed by atoms with Crippen LogP contribution >= 0.6 is 11.6 Å². The van der Waals surface area contributed by atoms with Crippen LogP contribution < -0.4 is 5.32 Å². The number of hydrogen-bond acceptors (Lipinski definition) is 4. The van der Waals surface area contributed by atoms with Crippen molar-refractivity contribution in [2.75, 3.05) is 5.32 Å². The summed E-state index contributed by atoms with van der Waals surface area (Å²) in [6.45, 7) is 0.851. The number of anilines is 1. The summed E-state index contributed by atoms with van der Waals surface area (Å²) in [7, 11) is 0. The molecule has 0 saturated heterocycles. The third kappa shape index (κ3) is 5.14. The number of nitro benzene ring substituents is 1. The first-order valence-electron chi connectivity index (χ1n) is 11.5. The molecule has 36 heavy (non-hydrogen) atoms. The third-order valence-electron chi connectivity index (χ3n) is 6.05. The third-order valence-corrected chi connectivity index (χ3v) is 6.38. The van der Waals surface area contributed by atoms with E-state index in [0.717, 1.165) is 33.6 Å². The summed E-state index contributed by atoms with van der Waals surface area (Å²) in [4.78, 5) is 15.8. The van der Waals surface area contributed by atoms with Crippen LogP contribution in [0.3, 0.4) is 0 Å². The predicted octanol–water partition coefficient (Wildman–Crippen LogP) is 7.44. The molecule has 0 saturated carbocycles. The van der Waals surface area contributed by atoms with Crippen LogP contribution in [-0.4, -0.2) is 14.5 Å². The number of hydrogen-bond donors (Lipinski definition) is 1. The zero-order chi connectivity index (χ0) is 24.9. The minimum atomic E-state index is -0.324. The van der Waals surface area contributed by atoms with Gasteiger partial charge in [-0.05, 0) is 41.0 Å². The Morgan fingerprint density at radius 3 is 2.31 bits per heavy atom. The van der Waals surface area contributed by atoms with Gasteiger partial charge in [-0.1, -0.05) is 78.3 Å². The van der Waals surface area contributed by atoms with E-state index in [2.05, 4.69) is 10.3 Å². The summed E-state index contributed by atoms with van der Waals surface area (Å²) in [5, 5.41) is 16.0. The van der Waals surface area contributed by atoms with Crippen LogP contribution in [0.2, 0.25) is 5.02 Å². The van der Waals surface area contributed by atoms with Crippen LogP contribution in [0.1, 0.15) is 11.3 Å². The van der Waals surface area contributed by atoms with E-state index in [-0.39, 0.29) is 10.6 Å². The van der Waals surface area contributed by atoms with Gasteiger partial charge in [0.15, 0.2) is 0 Å². The minimum absolute atomic E-state index is 0.0918. The lowest BCUT2D eigenvalue weighted by atomic mass is 10.0. The van der Waals surface area contributed by atoms with Crippen molar-refractivity contribution in [3.8, 4) is 22.3 Å². The van der Waals surface area contributed by atoms with Crippen LogP contribution in [-0.2, 0) is 13.1 Å². The molecule has 0 spiro atoms. The zero-order valence-corrected chi connectivity index (χ0v) is 20.1. The fraction of sp³-hybridized carbons (Fsp3) is 0.0690. The molecule has 178 valence electrons. The van der Waals surface area contributed by atoms with Gasteiger partial charge in [-0.25, -0.2) is 4.98 Å². The topological polar surface area (TPSA) is 73.0 Å². The predicted molar refractivity (Wildman–Crippen MR) is 144 cm³/mol. The molecule has 4 aromatic carbocycles. The number of nitro groups is 1. The second-order valence-corrected chi connectivity index (χ2v) is 8.80. The Morgan fingerprint density at radius 2 is 1.58 bits per heavy atom. The summed E-state index contributed by atoms with van der Waals surface area (Å²) in [6.07, 6.45) is 3.47. The first-order chi connectivity index (χ1) is 17.6. The molecule has 0 bridgehead atoms. The summed E-state index contributed by atoms with van der Waals surface area (Å²) in [6, 6.07) is 30.8. The van der Waals surface area contributed by atoms with Crippen molar-refractivity contribution in [3.63, 3.8) is 0 Å². The molecule has 0 aliphatic carbocycles. The average molecular weight is 495 g/mol. The van der Waals surface area contributed by atoms with E-state index in [0.29, 0.717) is 23.7 Å². The van der Waals surface area contributed by atoms with Gasteiger partial charge in [-0.3, -0.25) is 10.1 Å². The van der Waals surface area contributed by atoms with Crippen LogP contribution in [0, 0.1) is 10.1 Å². The average Bonchev–Trinajstić information content (AvgIpc) is 3.36. The number of benzene rings is 4. The minimum Gasteiger partial charge on any atom is -0.379 e. The number of imidazole rings is 1. The van der Waals surface area contributed by atoms with Gasteiger partial charge in [0.1, 0.15) is 0 Å². The molecule has 1 aromatic heterocycles. The number of aromatic nitrogens is 2. The van der Waals surface area contributed by atoms with Crippen molar-refractivity contribution in [1.82, 2.24) is 9.55 Å². The number of nitrogens with one attached hydrogen (secondary N) is 1. The van der Waals surface area contributed by atoms with Crippen molar-refractivity contribution < 1.29 is 4.92 Å². The second kappa shape index (κ2) is 10.5. The van der Waals surface area contributed by atoms with Crippen LogP contribution in [0.15, 0.2) is 110 Å². The van der Waals surface area contributed by atoms with Crippen molar-refractivity contribution in [2.45, 2.75) is 13.1 Å². The van der Waals surface area contributed by atoms with Gasteiger partial charge in [-0.15, -0.1) is 0 Å². The molecule has 0 fully saturated rings. The van der Waals surface area contributed by atoms with Crippen molar-refractivity contribution in [1.29, 1.82) is 0 Å². The maximum absolute atomic E-state index is 11.9. The Bertz CT molecular complexity index is 1500. The first kappa shape index (κ1) is 23.3. The largest absolute Gasteiger partial charge is 0.379 e. The van der Waals surface area contributed by atoms with E-state index in [1.54, 1.807) is 18.6 Å². The Hall–Kier alpha value is -4.42. The van der Waals surface area contributed by atoms with Gasteiger partial charge in [-0.2, -0.15) is 0 Å². The molecule has 1 heterocycles. The van der Waals surface area contributed by atoms with E-state index in [1.807, 2.05) is 95.6 Å². The van der Waals surface area contributed by atoms with Gasteiger partial charge < -0.3 is 9.88 Å². The normalized spacial score (nSPS) is 10.8. The molecule has 0 aliphatic heterocycles. The van der Waals surface area contributed by atoms with Gasteiger partial charge in [0.25, 0.3) is 5.69 Å². The molecule has 0 radical (unpaired) electrons. The van der Waals surface area contributed by atoms with Crippen LogP contribution in [0.25, 0.3) is 22.3 Å². The Morgan fingerprint density at radius 1 is 0.861 bits per heavy atom. The fourth-order valence-corrected chi connectivity index (χ4v) is 4.39. The standard InChI is InChI=1S/C29H23ClN4O2/c30-28-14-13-25(16-27(28)22-9-5-2-6-10-22)32-18-26-17-31-20-33(26)19-24-12-11-23(15-29(24)34(35)36)21-7-3-1-4-8-21/h1-17,20,32H,18-19H2. The highest BCUT2D eigenvalue weighted by atomic mass is 35.5. The molecule has 0 unspecified atom stereocenters. The Labute approximate surface area is 214 Å². The van der Waals surface area contributed by atoms with E-state index in [4.69, 9.17) is 11.6 Å². The molecular weight excluding hydrogens is 472 g/mol. The monoisotopic (exact) mass is 494 g/mol. The summed E-state index contributed by atoms with van der Waals surface area (Å²) in [5.41, 5.74) is 6.29. The highest BCUT2D eigenvalue weighted by Crippen LogP contribution is 2.31. The van der Waals surface area contributed by atoms with Crippen molar-refractivity contribution >= 4 is 23.0 Å². The fourth-order valence-electron chi connectivity index (χ4n) is 4.17. The van der Waals surface area contributed by atoms with Crippen LogP contribution in [0.5, 0.6) is 0 Å². The molecular formula is C29H23ClN4O2. The molecule has 7 heteroatoms. The van der Waals surface area contributed by atoms with Gasteiger partial charge >= 0.3 is 0 Å². The van der Waals surface area contributed by atoms with E-state index in [1.165, 1.54) is 0 Å². The Balaban J connectivity index is 1.35. The SMILES string of the molecule is O=[N+]([O-])c1cc(-c2ccccc2)ccc1Cn1cncc1CNc1ccc(Cl)c(-c2ccccc2)c1. The van der Waals surface area contributed by atoms with Crippen molar-refractivity contribution in [3.05, 3.63) is 136 Å². The van der Waals surface area contributed by atoms with Gasteiger partial charge in [0.2, 0.25) is 0 Å². The molecule has 0 aliphatic rings. The zero-order valence-electron chi connectivity index (χ0n) is 19.3. The molecule has 1 N–H and O–H groups in total. The lowest BCUT2D eigenvalue weighted by Gasteiger charge is -2.13. The van der Waals surface area contributed by atoms with Crippen LogP contribution in [0.4, 0.5) is 11.4 Å². The quantitative estimate of drug-likeness (QED) is 0.180. The lowest BCUT2D eigenvalue weighted by molar-refractivity contribution is -0.385. The lowest BCUT2D eigenvalue weighted by Crippen LogP contribution is -2.09. The summed E-state index contributed by atoms with van der Waals surface area (Å²) < 4.78 is 1.92. The number of halogens is 1. The Kier molecular flexibility index (Phi) is 6.78. The molecule has 6 nitrogen and oxygen atoms in total. The molecule has 0 atom stereocenters. The smallest absolute Gasteiger partial charge is 0.275 e. The van der Waals surface area contributed by atoms with Gasteiger partial charge in [0.05, 0.1) is 30.0 Å². The van der Waals surface area contributed by atoms with Crippen molar-refractivity contribution in [2.24, 2.45) is 0 Å². The maximum Gasteiger partial charge on any atom is 0.275 e. The second-order valence-electron chi connectivity index (χ2n) is 8.39. The molecule has 5 rings (SSSR count). The molecule has 5 aromatic rings. The highest BCUT2D eigenvalue weighted by molar-refractivity contribution is 6.33. The van der Waals surface area contributed by atoms with E-state index in [9.17, 15) is 10.1 Å². The number of rotatable bonds is 8. The maximum atomic E-state index is 11.9. The van der Waals surface area contributed by atoms with E-state index >= 15 is 0 Å². The van der Waals surface area contributed by atoms with E-state index < -0.39 is 0 Å². The highest BCUT2D eigenvalue weighted by Gasteiger charge is 2.17. The van der Waals surface area contributed by atoms with Gasteiger partial charge in [0, 0.05) is 34.1 Å². The first-order valence-corrected chi connectivity index (χ1v) is 11.9. The molecule has 0 amide bonds. The number of nitrogens with zero attached hydrogens (tertiary/aromatic N) is 3. The summed E-state index contributed by atoms with van der Waals surface area (Å²) >= 11 is 6.44.